The van der Waals surface area contributed by atoms with Gasteiger partial charge in [-0.25, -0.2) is 9.78 Å². The van der Waals surface area contributed by atoms with E-state index in [-0.39, 0.29) is 16.7 Å². The fraction of sp³-hybridized carbons (Fsp3) is 0.429. The molecule has 1 aliphatic heterocycles. The standard InChI is InChI=1S/C21H25N5O4S/c1-21(2,3)30-20(27)24-10-8-23(9-11-24)12-15-14-31-19-22-17(13-25(15)19)16-6-4-5-7-18(16)26(28)29/h4-7,13-14H,8-12H2,1-3H3. The summed E-state index contributed by atoms with van der Waals surface area (Å²) in [6, 6.07) is 6.65. The molecule has 3 heterocycles. The monoisotopic (exact) mass is 443 g/mol. The minimum atomic E-state index is -0.497. The van der Waals surface area contributed by atoms with Crippen LogP contribution in [0, 0.1) is 10.1 Å². The number of carbonyl (C=O) groups is 1. The summed E-state index contributed by atoms with van der Waals surface area (Å²) in [6.07, 6.45) is 1.59. The Labute approximate surface area is 184 Å². The lowest BCUT2D eigenvalue weighted by molar-refractivity contribution is -0.384. The topological polar surface area (TPSA) is 93.2 Å². The van der Waals surface area contributed by atoms with Crippen LogP contribution in [-0.2, 0) is 11.3 Å². The number of nitrogens with zero attached hydrogens (tertiary/aromatic N) is 5. The predicted octanol–water partition coefficient (Wildman–Crippen LogP) is 4.02. The molecule has 0 aliphatic carbocycles. The van der Waals surface area contributed by atoms with Crippen LogP contribution in [-0.4, -0.2) is 62.0 Å². The van der Waals surface area contributed by atoms with E-state index in [1.165, 1.54) is 17.4 Å². The highest BCUT2D eigenvalue weighted by atomic mass is 32.1. The summed E-state index contributed by atoms with van der Waals surface area (Å²) < 4.78 is 7.45. The van der Waals surface area contributed by atoms with E-state index in [1.807, 2.05) is 31.4 Å². The molecule has 1 fully saturated rings. The smallest absolute Gasteiger partial charge is 0.410 e. The number of nitro groups is 1. The molecule has 1 aromatic carbocycles. The predicted molar refractivity (Wildman–Crippen MR) is 118 cm³/mol. The number of hydrogen-bond donors (Lipinski definition) is 0. The van der Waals surface area contributed by atoms with Crippen molar-refractivity contribution in [2.24, 2.45) is 0 Å². The van der Waals surface area contributed by atoms with Gasteiger partial charge >= 0.3 is 6.09 Å². The maximum Gasteiger partial charge on any atom is 0.410 e. The lowest BCUT2D eigenvalue weighted by Gasteiger charge is -2.35. The number of carbonyl (C=O) groups excluding carboxylic acids is 1. The van der Waals surface area contributed by atoms with Crippen molar-refractivity contribution in [3.05, 3.63) is 51.7 Å². The molecule has 0 spiro atoms. The van der Waals surface area contributed by atoms with Gasteiger partial charge in [0.25, 0.3) is 5.69 Å². The largest absolute Gasteiger partial charge is 0.444 e. The molecule has 2 aromatic heterocycles. The number of hydrogen-bond acceptors (Lipinski definition) is 7. The third kappa shape index (κ3) is 4.70. The fourth-order valence-electron chi connectivity index (χ4n) is 3.57. The number of imidazole rings is 1. The van der Waals surface area contributed by atoms with Crippen molar-refractivity contribution in [2.45, 2.75) is 32.9 Å². The van der Waals surface area contributed by atoms with Crippen LogP contribution in [0.1, 0.15) is 26.5 Å². The zero-order chi connectivity index (χ0) is 22.2. The molecule has 0 saturated carbocycles. The van der Waals surface area contributed by atoms with E-state index in [4.69, 9.17) is 4.74 Å². The summed E-state index contributed by atoms with van der Waals surface area (Å²) in [4.78, 5) is 32.7. The summed E-state index contributed by atoms with van der Waals surface area (Å²) >= 11 is 1.51. The van der Waals surface area contributed by atoms with Crippen LogP contribution in [0.2, 0.25) is 0 Å². The number of ether oxygens (including phenoxy) is 1. The van der Waals surface area contributed by atoms with E-state index >= 15 is 0 Å². The second kappa shape index (κ2) is 8.27. The molecule has 1 saturated heterocycles. The maximum atomic E-state index is 12.3. The van der Waals surface area contributed by atoms with Crippen molar-refractivity contribution in [1.29, 1.82) is 0 Å². The Morgan fingerprint density at radius 2 is 1.94 bits per heavy atom. The highest BCUT2D eigenvalue weighted by molar-refractivity contribution is 7.15. The molecular weight excluding hydrogens is 418 g/mol. The molecule has 0 bridgehead atoms. The number of para-hydroxylation sites is 1. The maximum absolute atomic E-state index is 12.3. The number of nitro benzene ring substituents is 1. The second-order valence-corrected chi connectivity index (χ2v) is 9.36. The number of fused-ring (bicyclic) bond motifs is 1. The van der Waals surface area contributed by atoms with E-state index in [0.717, 1.165) is 30.3 Å². The third-order valence-electron chi connectivity index (χ3n) is 5.07. The Balaban J connectivity index is 1.45. The summed E-state index contributed by atoms with van der Waals surface area (Å²) in [5, 5.41) is 13.4. The van der Waals surface area contributed by atoms with E-state index < -0.39 is 5.60 Å². The van der Waals surface area contributed by atoms with Crippen molar-refractivity contribution < 1.29 is 14.5 Å². The lowest BCUT2D eigenvalue weighted by Crippen LogP contribution is -2.49. The first-order chi connectivity index (χ1) is 14.7. The van der Waals surface area contributed by atoms with Gasteiger partial charge in [0, 0.05) is 56.1 Å². The van der Waals surface area contributed by atoms with Gasteiger partial charge in [-0.05, 0) is 26.8 Å². The highest BCUT2D eigenvalue weighted by Gasteiger charge is 2.26. The van der Waals surface area contributed by atoms with Crippen molar-refractivity contribution in [3.63, 3.8) is 0 Å². The van der Waals surface area contributed by atoms with Crippen LogP contribution < -0.4 is 0 Å². The van der Waals surface area contributed by atoms with Gasteiger partial charge in [-0.1, -0.05) is 12.1 Å². The van der Waals surface area contributed by atoms with Crippen LogP contribution in [0.3, 0.4) is 0 Å². The fourth-order valence-corrected chi connectivity index (χ4v) is 4.43. The molecule has 0 N–H and O–H groups in total. The normalized spacial score (nSPS) is 15.4. The van der Waals surface area contributed by atoms with E-state index in [0.29, 0.717) is 24.3 Å². The zero-order valence-electron chi connectivity index (χ0n) is 17.8. The molecule has 0 radical (unpaired) electrons. The summed E-state index contributed by atoms with van der Waals surface area (Å²) in [7, 11) is 0. The van der Waals surface area contributed by atoms with Crippen LogP contribution in [0.15, 0.2) is 35.8 Å². The van der Waals surface area contributed by atoms with Crippen LogP contribution in [0.4, 0.5) is 10.5 Å². The lowest BCUT2D eigenvalue weighted by atomic mass is 10.1. The van der Waals surface area contributed by atoms with E-state index in [1.54, 1.807) is 23.1 Å². The highest BCUT2D eigenvalue weighted by Crippen LogP contribution is 2.31. The van der Waals surface area contributed by atoms with Gasteiger partial charge in [0.2, 0.25) is 0 Å². The molecule has 164 valence electrons. The van der Waals surface area contributed by atoms with Gasteiger partial charge in [-0.2, -0.15) is 0 Å². The average Bonchev–Trinajstić information content (AvgIpc) is 3.29. The number of rotatable bonds is 4. The Morgan fingerprint density at radius 3 is 2.61 bits per heavy atom. The van der Waals surface area contributed by atoms with Crippen molar-refractivity contribution >= 4 is 28.1 Å². The van der Waals surface area contributed by atoms with Crippen LogP contribution in [0.25, 0.3) is 16.2 Å². The molecule has 0 unspecified atom stereocenters. The Kier molecular flexibility index (Phi) is 5.67. The summed E-state index contributed by atoms with van der Waals surface area (Å²) in [6.45, 7) is 9.06. The molecular formula is C21H25N5O4S. The molecule has 4 rings (SSSR count). The number of piperazine rings is 1. The molecule has 9 nitrogen and oxygen atoms in total. The van der Waals surface area contributed by atoms with Crippen LogP contribution >= 0.6 is 11.3 Å². The van der Waals surface area contributed by atoms with Gasteiger partial charge in [0.15, 0.2) is 4.96 Å². The quantitative estimate of drug-likeness (QED) is 0.447. The first-order valence-corrected chi connectivity index (χ1v) is 11.0. The van der Waals surface area contributed by atoms with E-state index in [9.17, 15) is 14.9 Å². The third-order valence-corrected chi connectivity index (χ3v) is 5.96. The first kappa shape index (κ1) is 21.3. The van der Waals surface area contributed by atoms with Crippen molar-refractivity contribution in [1.82, 2.24) is 19.2 Å². The van der Waals surface area contributed by atoms with Gasteiger partial charge in [-0.15, -0.1) is 11.3 Å². The Bertz CT molecular complexity index is 1110. The zero-order valence-corrected chi connectivity index (χ0v) is 18.6. The Morgan fingerprint density at radius 1 is 1.23 bits per heavy atom. The van der Waals surface area contributed by atoms with E-state index in [2.05, 4.69) is 15.3 Å². The molecule has 31 heavy (non-hydrogen) atoms. The van der Waals surface area contributed by atoms with Crippen molar-refractivity contribution in [2.75, 3.05) is 26.2 Å². The minimum absolute atomic E-state index is 0.0491. The number of amides is 1. The number of aromatic nitrogens is 2. The van der Waals surface area contributed by atoms with Crippen molar-refractivity contribution in [3.8, 4) is 11.3 Å². The Hall–Kier alpha value is -2.98. The molecule has 1 aliphatic rings. The molecule has 3 aromatic rings. The second-order valence-electron chi connectivity index (χ2n) is 8.52. The first-order valence-electron chi connectivity index (χ1n) is 10.1. The van der Waals surface area contributed by atoms with Gasteiger partial charge in [0.1, 0.15) is 5.60 Å². The molecule has 10 heteroatoms. The van der Waals surface area contributed by atoms with Gasteiger partial charge < -0.3 is 9.64 Å². The van der Waals surface area contributed by atoms with Crippen LogP contribution in [0.5, 0.6) is 0 Å². The average molecular weight is 444 g/mol. The SMILES string of the molecule is CC(C)(C)OC(=O)N1CCN(Cc2csc3nc(-c4ccccc4[N+](=O)[O-])cn23)CC1. The minimum Gasteiger partial charge on any atom is -0.444 e. The number of benzene rings is 1. The number of thiazole rings is 1. The summed E-state index contributed by atoms with van der Waals surface area (Å²) in [5.41, 5.74) is 1.73. The summed E-state index contributed by atoms with van der Waals surface area (Å²) in [5.74, 6) is 0. The van der Waals surface area contributed by atoms with Gasteiger partial charge in [-0.3, -0.25) is 19.4 Å². The molecule has 0 atom stereocenters. The molecule has 1 amide bonds. The van der Waals surface area contributed by atoms with Gasteiger partial charge in [0.05, 0.1) is 16.2 Å².